The summed E-state index contributed by atoms with van der Waals surface area (Å²) in [5.74, 6) is -0.967. The number of hydrogen-bond donors (Lipinski definition) is 1. The lowest BCUT2D eigenvalue weighted by Crippen LogP contribution is -2.56. The van der Waals surface area contributed by atoms with E-state index in [0.29, 0.717) is 10.4 Å². The van der Waals surface area contributed by atoms with Crippen LogP contribution in [0.1, 0.15) is 48.9 Å². The molecule has 2 fully saturated rings. The molecule has 0 bridgehead atoms. The zero-order valence-electron chi connectivity index (χ0n) is 11.6. The van der Waals surface area contributed by atoms with Crippen molar-refractivity contribution in [2.24, 2.45) is 5.41 Å². The van der Waals surface area contributed by atoms with Gasteiger partial charge in [0, 0.05) is 24.2 Å². The Morgan fingerprint density at radius 2 is 1.80 bits per heavy atom. The van der Waals surface area contributed by atoms with Gasteiger partial charge >= 0.3 is 5.97 Å². The fourth-order valence-electron chi connectivity index (χ4n) is 3.61. The van der Waals surface area contributed by atoms with E-state index in [4.69, 9.17) is 16.7 Å². The molecule has 108 valence electrons. The van der Waals surface area contributed by atoms with Crippen molar-refractivity contribution in [1.29, 1.82) is 0 Å². The van der Waals surface area contributed by atoms with Gasteiger partial charge in [-0.2, -0.15) is 0 Å². The molecule has 1 aliphatic carbocycles. The number of carboxylic acids is 1. The Labute approximate surface area is 124 Å². The van der Waals surface area contributed by atoms with Gasteiger partial charge in [-0.25, -0.2) is 4.79 Å². The van der Waals surface area contributed by atoms with Crippen molar-refractivity contribution in [3.63, 3.8) is 0 Å². The first-order valence-electron chi connectivity index (χ1n) is 7.38. The molecule has 3 nitrogen and oxygen atoms in total. The van der Waals surface area contributed by atoms with Gasteiger partial charge in [0.1, 0.15) is 0 Å². The minimum Gasteiger partial charge on any atom is -0.478 e. The van der Waals surface area contributed by atoms with E-state index < -0.39 is 5.97 Å². The highest BCUT2D eigenvalue weighted by molar-refractivity contribution is 6.33. The summed E-state index contributed by atoms with van der Waals surface area (Å²) in [5.41, 5.74) is 1.74. The average Bonchev–Trinajstić information content (AvgIpc) is 2.62. The van der Waals surface area contributed by atoms with Gasteiger partial charge in [0.25, 0.3) is 0 Å². The Bertz CT molecular complexity index is 513. The number of halogens is 1. The van der Waals surface area contributed by atoms with Gasteiger partial charge in [-0.3, -0.25) is 0 Å². The number of rotatable bonds is 2. The van der Waals surface area contributed by atoms with Gasteiger partial charge in [-0.1, -0.05) is 37.3 Å². The van der Waals surface area contributed by atoms with E-state index in [-0.39, 0.29) is 5.56 Å². The van der Waals surface area contributed by atoms with Crippen molar-refractivity contribution in [3.8, 4) is 0 Å². The van der Waals surface area contributed by atoms with Crippen LogP contribution in [0.25, 0.3) is 0 Å². The molecule has 1 saturated carbocycles. The van der Waals surface area contributed by atoms with Gasteiger partial charge in [0.2, 0.25) is 0 Å². The van der Waals surface area contributed by atoms with E-state index in [1.807, 2.05) is 6.07 Å². The third-order valence-electron chi connectivity index (χ3n) is 4.76. The van der Waals surface area contributed by atoms with Gasteiger partial charge in [0.15, 0.2) is 0 Å². The first kappa shape index (κ1) is 13.7. The van der Waals surface area contributed by atoms with Crippen LogP contribution in [0.5, 0.6) is 0 Å². The average molecular weight is 294 g/mol. The van der Waals surface area contributed by atoms with Crippen LogP contribution in [0.2, 0.25) is 5.02 Å². The molecule has 1 spiro atoms. The summed E-state index contributed by atoms with van der Waals surface area (Å²) in [5, 5.41) is 9.33. The second-order valence-corrected chi connectivity index (χ2v) is 6.65. The highest BCUT2D eigenvalue weighted by atomic mass is 35.5. The molecule has 4 heteroatoms. The first-order chi connectivity index (χ1) is 9.60. The van der Waals surface area contributed by atoms with E-state index in [1.165, 1.54) is 38.5 Å². The van der Waals surface area contributed by atoms with Gasteiger partial charge < -0.3 is 10.0 Å². The number of benzene rings is 1. The smallest absolute Gasteiger partial charge is 0.337 e. The van der Waals surface area contributed by atoms with Crippen LogP contribution in [0.3, 0.4) is 0 Å². The topological polar surface area (TPSA) is 40.5 Å². The first-order valence-corrected chi connectivity index (χ1v) is 7.75. The lowest BCUT2D eigenvalue weighted by molar-refractivity contribution is 0.0697. The molecule has 1 N–H and O–H groups in total. The lowest BCUT2D eigenvalue weighted by atomic mass is 9.73. The van der Waals surface area contributed by atoms with E-state index >= 15 is 0 Å². The number of carbonyl (C=O) groups is 1. The van der Waals surface area contributed by atoms with E-state index in [0.717, 1.165) is 18.8 Å². The summed E-state index contributed by atoms with van der Waals surface area (Å²) in [7, 11) is 0. The van der Waals surface area contributed by atoms with Crippen LogP contribution in [0.15, 0.2) is 18.2 Å². The largest absolute Gasteiger partial charge is 0.478 e. The predicted molar refractivity (Wildman–Crippen MR) is 80.8 cm³/mol. The van der Waals surface area contributed by atoms with Gasteiger partial charge in [-0.15, -0.1) is 0 Å². The van der Waals surface area contributed by atoms with Crippen molar-refractivity contribution in [2.75, 3.05) is 18.0 Å². The number of aromatic carboxylic acids is 1. The van der Waals surface area contributed by atoms with E-state index in [1.54, 1.807) is 12.1 Å². The molecular weight excluding hydrogens is 274 g/mol. The lowest BCUT2D eigenvalue weighted by Gasteiger charge is -2.51. The van der Waals surface area contributed by atoms with Gasteiger partial charge in [0.05, 0.1) is 10.6 Å². The molecular formula is C16H20ClNO2. The monoisotopic (exact) mass is 293 g/mol. The van der Waals surface area contributed by atoms with Crippen LogP contribution in [0, 0.1) is 5.41 Å². The molecule has 0 atom stereocenters. The minimum atomic E-state index is -0.967. The molecule has 0 unspecified atom stereocenters. The van der Waals surface area contributed by atoms with Crippen molar-refractivity contribution < 1.29 is 9.90 Å². The Kier molecular flexibility index (Phi) is 3.63. The summed E-state index contributed by atoms with van der Waals surface area (Å²) in [6, 6.07) is 5.27. The maximum Gasteiger partial charge on any atom is 0.337 e. The predicted octanol–water partition coefficient (Wildman–Crippen LogP) is 4.20. The Hall–Kier alpha value is -1.22. The van der Waals surface area contributed by atoms with Crippen molar-refractivity contribution >= 4 is 23.3 Å². The minimum absolute atomic E-state index is 0.181. The highest BCUT2D eigenvalue weighted by Crippen LogP contribution is 2.44. The molecule has 20 heavy (non-hydrogen) atoms. The molecule has 1 saturated heterocycles. The molecule has 0 amide bonds. The van der Waals surface area contributed by atoms with E-state index in [9.17, 15) is 4.79 Å². The molecule has 2 aliphatic rings. The SMILES string of the molecule is O=C(O)c1ccc(N2CC3(CCCCCC3)C2)cc1Cl. The zero-order chi connectivity index (χ0) is 14.2. The molecule has 0 aromatic heterocycles. The third kappa shape index (κ3) is 2.51. The molecule has 0 radical (unpaired) electrons. The van der Waals surface area contributed by atoms with Crippen molar-refractivity contribution in [1.82, 2.24) is 0 Å². The molecule has 1 heterocycles. The normalized spacial score (nSPS) is 21.4. The fourth-order valence-corrected chi connectivity index (χ4v) is 3.87. The summed E-state index contributed by atoms with van der Waals surface area (Å²) in [4.78, 5) is 13.3. The fraction of sp³-hybridized carbons (Fsp3) is 0.562. The Morgan fingerprint density at radius 3 is 2.35 bits per heavy atom. The number of carboxylic acid groups (broad SMARTS) is 1. The van der Waals surface area contributed by atoms with Crippen LogP contribution >= 0.6 is 11.6 Å². The van der Waals surface area contributed by atoms with Crippen molar-refractivity contribution in [2.45, 2.75) is 38.5 Å². The number of anilines is 1. The van der Waals surface area contributed by atoms with Gasteiger partial charge in [-0.05, 0) is 31.0 Å². The molecule has 3 rings (SSSR count). The van der Waals surface area contributed by atoms with Crippen LogP contribution < -0.4 is 4.90 Å². The second-order valence-electron chi connectivity index (χ2n) is 6.24. The summed E-state index contributed by atoms with van der Waals surface area (Å²) in [6.07, 6.45) is 8.13. The number of hydrogen-bond acceptors (Lipinski definition) is 2. The van der Waals surface area contributed by atoms with Crippen LogP contribution in [-0.2, 0) is 0 Å². The molecule has 1 aliphatic heterocycles. The molecule has 1 aromatic rings. The Balaban J connectivity index is 1.70. The molecule has 1 aromatic carbocycles. The highest BCUT2D eigenvalue weighted by Gasteiger charge is 2.42. The maximum atomic E-state index is 11.0. The Morgan fingerprint density at radius 1 is 1.15 bits per heavy atom. The zero-order valence-corrected chi connectivity index (χ0v) is 12.3. The van der Waals surface area contributed by atoms with Crippen LogP contribution in [0.4, 0.5) is 5.69 Å². The van der Waals surface area contributed by atoms with Crippen molar-refractivity contribution in [3.05, 3.63) is 28.8 Å². The van der Waals surface area contributed by atoms with E-state index in [2.05, 4.69) is 4.90 Å². The summed E-state index contributed by atoms with van der Waals surface area (Å²) >= 11 is 6.05. The summed E-state index contributed by atoms with van der Waals surface area (Å²) < 4.78 is 0. The standard InChI is InChI=1S/C16H20ClNO2/c17-14-9-12(5-6-13(14)15(19)20)18-10-16(11-18)7-3-1-2-4-8-16/h5-6,9H,1-4,7-8,10-11H2,(H,19,20). The third-order valence-corrected chi connectivity index (χ3v) is 5.08. The van der Waals surface area contributed by atoms with Crippen LogP contribution in [-0.4, -0.2) is 24.2 Å². The number of nitrogens with zero attached hydrogens (tertiary/aromatic N) is 1. The maximum absolute atomic E-state index is 11.0. The quantitative estimate of drug-likeness (QED) is 0.888. The second kappa shape index (κ2) is 5.28. The summed E-state index contributed by atoms with van der Waals surface area (Å²) in [6.45, 7) is 2.19.